The molecule has 1 N–H and O–H groups in total. The maximum Gasteiger partial charge on any atom is 0.310 e. The van der Waals surface area contributed by atoms with Crippen molar-refractivity contribution in [1.82, 2.24) is 10.2 Å². The van der Waals surface area contributed by atoms with Crippen LogP contribution in [0.4, 0.5) is 0 Å². The van der Waals surface area contributed by atoms with Crippen molar-refractivity contribution >= 4 is 35.9 Å². The van der Waals surface area contributed by atoms with Gasteiger partial charge in [-0.2, -0.15) is 0 Å². The van der Waals surface area contributed by atoms with Crippen molar-refractivity contribution in [1.29, 1.82) is 0 Å². The van der Waals surface area contributed by atoms with Gasteiger partial charge in [0.25, 0.3) is 0 Å². The summed E-state index contributed by atoms with van der Waals surface area (Å²) in [5.41, 5.74) is 2.78. The molecular weight excluding hydrogens is 441 g/mol. The van der Waals surface area contributed by atoms with E-state index in [1.165, 1.54) is 18.2 Å². The highest BCUT2D eigenvalue weighted by Gasteiger charge is 2.42. The Labute approximate surface area is 173 Å². The van der Waals surface area contributed by atoms with Crippen molar-refractivity contribution in [3.63, 3.8) is 0 Å². The number of esters is 1. The minimum Gasteiger partial charge on any atom is -0.469 e. The SMILES string of the molecule is CCN=C(NC1CC1c1ccccc1C)N1CC(C)C(C(=O)OC)C1.I. The highest BCUT2D eigenvalue weighted by Crippen LogP contribution is 2.42. The number of aryl methyl sites for hydroxylation is 1. The second kappa shape index (κ2) is 9.06. The zero-order valence-corrected chi connectivity index (χ0v) is 18.4. The van der Waals surface area contributed by atoms with Crippen LogP contribution in [0.3, 0.4) is 0 Å². The molecule has 2 aliphatic rings. The molecule has 4 atom stereocenters. The number of rotatable bonds is 4. The zero-order valence-electron chi connectivity index (χ0n) is 16.1. The van der Waals surface area contributed by atoms with Crippen LogP contribution < -0.4 is 5.32 Å². The summed E-state index contributed by atoms with van der Waals surface area (Å²) in [5.74, 6) is 1.58. The summed E-state index contributed by atoms with van der Waals surface area (Å²) in [6.45, 7) is 8.59. The van der Waals surface area contributed by atoms with Crippen molar-refractivity contribution in [2.24, 2.45) is 16.8 Å². The number of ether oxygens (including phenoxy) is 1. The lowest BCUT2D eigenvalue weighted by Gasteiger charge is -2.22. The summed E-state index contributed by atoms with van der Waals surface area (Å²) in [7, 11) is 1.47. The number of benzene rings is 1. The van der Waals surface area contributed by atoms with Gasteiger partial charge in [0.1, 0.15) is 0 Å². The first-order valence-electron chi connectivity index (χ1n) is 9.24. The van der Waals surface area contributed by atoms with Gasteiger partial charge in [-0.1, -0.05) is 31.2 Å². The number of nitrogens with zero attached hydrogens (tertiary/aromatic N) is 2. The number of hydrogen-bond acceptors (Lipinski definition) is 3. The van der Waals surface area contributed by atoms with Crippen LogP contribution >= 0.6 is 24.0 Å². The maximum atomic E-state index is 12.0. The van der Waals surface area contributed by atoms with Gasteiger partial charge in [0, 0.05) is 31.6 Å². The molecule has 1 aromatic carbocycles. The molecule has 1 saturated heterocycles. The minimum absolute atomic E-state index is 0. The number of methoxy groups -OCH3 is 1. The number of halogens is 1. The fourth-order valence-corrected chi connectivity index (χ4v) is 3.85. The van der Waals surface area contributed by atoms with Gasteiger partial charge in [0.2, 0.25) is 0 Å². The van der Waals surface area contributed by atoms with E-state index in [0.29, 0.717) is 18.5 Å². The molecule has 6 heteroatoms. The first-order chi connectivity index (χ1) is 12.0. The molecule has 0 bridgehead atoms. The van der Waals surface area contributed by atoms with Crippen molar-refractivity contribution < 1.29 is 9.53 Å². The quantitative estimate of drug-likeness (QED) is 0.317. The molecule has 5 nitrogen and oxygen atoms in total. The highest BCUT2D eigenvalue weighted by atomic mass is 127. The first kappa shape index (κ1) is 21.0. The molecule has 0 amide bonds. The van der Waals surface area contributed by atoms with E-state index in [0.717, 1.165) is 25.5 Å². The van der Waals surface area contributed by atoms with Crippen molar-refractivity contribution in [3.8, 4) is 0 Å². The topological polar surface area (TPSA) is 53.9 Å². The lowest BCUT2D eigenvalue weighted by atomic mass is 9.99. The van der Waals surface area contributed by atoms with Gasteiger partial charge in [-0.3, -0.25) is 9.79 Å². The lowest BCUT2D eigenvalue weighted by molar-refractivity contribution is -0.145. The summed E-state index contributed by atoms with van der Waals surface area (Å²) in [4.78, 5) is 18.8. The van der Waals surface area contributed by atoms with E-state index in [-0.39, 0.29) is 41.8 Å². The molecule has 3 rings (SSSR count). The standard InChI is InChI=1S/C20H29N3O2.HI/c1-5-21-20(23-11-14(3)17(12-23)19(24)25-4)22-18-10-16(18)15-9-7-6-8-13(15)2;/h6-9,14,16-18H,5,10-12H2,1-4H3,(H,21,22);1H. The van der Waals surface area contributed by atoms with Crippen LogP contribution in [0.1, 0.15) is 37.3 Å². The smallest absolute Gasteiger partial charge is 0.310 e. The van der Waals surface area contributed by atoms with Gasteiger partial charge in [0.15, 0.2) is 5.96 Å². The monoisotopic (exact) mass is 471 g/mol. The Hall–Kier alpha value is -1.31. The number of hydrogen-bond donors (Lipinski definition) is 1. The summed E-state index contributed by atoms with van der Waals surface area (Å²) in [6.07, 6.45) is 1.14. The summed E-state index contributed by atoms with van der Waals surface area (Å²) in [6, 6.07) is 9.03. The summed E-state index contributed by atoms with van der Waals surface area (Å²) >= 11 is 0. The Kier molecular flexibility index (Phi) is 7.32. The number of carbonyl (C=O) groups excluding carboxylic acids is 1. The third kappa shape index (κ3) is 4.50. The Bertz CT molecular complexity index is 664. The fourth-order valence-electron chi connectivity index (χ4n) is 3.85. The summed E-state index contributed by atoms with van der Waals surface area (Å²) < 4.78 is 4.95. The predicted molar refractivity (Wildman–Crippen MR) is 115 cm³/mol. The van der Waals surface area contributed by atoms with Gasteiger partial charge < -0.3 is 15.0 Å². The normalized spacial score (nSPS) is 27.7. The van der Waals surface area contributed by atoms with Gasteiger partial charge in [0.05, 0.1) is 13.0 Å². The van der Waals surface area contributed by atoms with E-state index in [1.54, 1.807) is 0 Å². The second-order valence-electron chi connectivity index (χ2n) is 7.26. The molecule has 2 fully saturated rings. The Morgan fingerprint density at radius 1 is 1.35 bits per heavy atom. The van der Waals surface area contributed by atoms with E-state index < -0.39 is 0 Å². The van der Waals surface area contributed by atoms with Crippen molar-refractivity contribution in [2.75, 3.05) is 26.7 Å². The third-order valence-corrected chi connectivity index (χ3v) is 5.42. The molecule has 4 unspecified atom stereocenters. The molecule has 0 aromatic heterocycles. The number of nitrogens with one attached hydrogen (secondary N) is 1. The van der Waals surface area contributed by atoms with Gasteiger partial charge in [-0.25, -0.2) is 0 Å². The van der Waals surface area contributed by atoms with Crippen molar-refractivity contribution in [3.05, 3.63) is 35.4 Å². The molecular formula is C20H30IN3O2. The Morgan fingerprint density at radius 2 is 2.08 bits per heavy atom. The number of aliphatic imine (C=N–C) groups is 1. The lowest BCUT2D eigenvalue weighted by Crippen LogP contribution is -2.42. The molecule has 26 heavy (non-hydrogen) atoms. The fraction of sp³-hybridized carbons (Fsp3) is 0.600. The van der Waals surface area contributed by atoms with Crippen LogP contribution in [0.5, 0.6) is 0 Å². The average Bonchev–Trinajstić information content (AvgIpc) is 3.25. The predicted octanol–water partition coefficient (Wildman–Crippen LogP) is 3.18. The van der Waals surface area contributed by atoms with E-state index in [1.807, 2.05) is 6.92 Å². The van der Waals surface area contributed by atoms with Crippen LogP contribution in [0, 0.1) is 18.8 Å². The molecule has 1 aliphatic heterocycles. The van der Waals surface area contributed by atoms with E-state index >= 15 is 0 Å². The molecule has 1 aromatic rings. The van der Waals surface area contributed by atoms with E-state index in [2.05, 4.69) is 53.3 Å². The molecule has 1 heterocycles. The van der Waals surface area contributed by atoms with Crippen LogP contribution in [0.2, 0.25) is 0 Å². The van der Waals surface area contributed by atoms with E-state index in [4.69, 9.17) is 4.74 Å². The van der Waals surface area contributed by atoms with Crippen LogP contribution in [-0.2, 0) is 9.53 Å². The molecule has 1 aliphatic carbocycles. The largest absolute Gasteiger partial charge is 0.469 e. The zero-order chi connectivity index (χ0) is 18.0. The second-order valence-corrected chi connectivity index (χ2v) is 7.26. The first-order valence-corrected chi connectivity index (χ1v) is 9.24. The minimum atomic E-state index is -0.116. The van der Waals surface area contributed by atoms with Crippen LogP contribution in [0.15, 0.2) is 29.3 Å². The third-order valence-electron chi connectivity index (χ3n) is 5.42. The Balaban J connectivity index is 0.00000243. The maximum absolute atomic E-state index is 12.0. The average molecular weight is 471 g/mol. The number of guanidine groups is 1. The highest BCUT2D eigenvalue weighted by molar-refractivity contribution is 14.0. The molecule has 1 saturated carbocycles. The van der Waals surface area contributed by atoms with Crippen molar-refractivity contribution in [2.45, 2.75) is 39.2 Å². The number of likely N-dealkylation sites (tertiary alicyclic amines) is 1. The van der Waals surface area contributed by atoms with Crippen LogP contribution in [0.25, 0.3) is 0 Å². The molecule has 0 radical (unpaired) electrons. The van der Waals surface area contributed by atoms with Gasteiger partial charge in [-0.05, 0) is 37.3 Å². The molecule has 0 spiro atoms. The number of carbonyl (C=O) groups is 1. The summed E-state index contributed by atoms with van der Waals surface area (Å²) in [5, 5.41) is 3.63. The Morgan fingerprint density at radius 3 is 2.73 bits per heavy atom. The van der Waals surface area contributed by atoms with E-state index in [9.17, 15) is 4.79 Å². The molecule has 144 valence electrons. The van der Waals surface area contributed by atoms with Crippen LogP contribution in [-0.4, -0.2) is 49.6 Å². The van der Waals surface area contributed by atoms with Gasteiger partial charge in [-0.15, -0.1) is 24.0 Å². The van der Waals surface area contributed by atoms with Gasteiger partial charge >= 0.3 is 5.97 Å².